The number of hydrogen-bond donors (Lipinski definition) is 1. The summed E-state index contributed by atoms with van der Waals surface area (Å²) in [6.45, 7) is 7.66. The van der Waals surface area contributed by atoms with Crippen LogP contribution in [0.2, 0.25) is 0 Å². The number of nitrogens with one attached hydrogen (secondary N) is 1. The van der Waals surface area contributed by atoms with Crippen molar-refractivity contribution in [2.75, 3.05) is 6.54 Å². The second kappa shape index (κ2) is 7.95. The third-order valence-electron chi connectivity index (χ3n) is 3.58. The monoisotopic (exact) mass is 393 g/mol. The van der Waals surface area contributed by atoms with Crippen LogP contribution >= 0.6 is 22.6 Å². The fourth-order valence-electron chi connectivity index (χ4n) is 2.64. The zero-order valence-electron chi connectivity index (χ0n) is 13.1. The van der Waals surface area contributed by atoms with Crippen molar-refractivity contribution in [3.05, 3.63) is 68.8 Å². The fourth-order valence-corrected chi connectivity index (χ4v) is 3.34. The van der Waals surface area contributed by atoms with Crippen molar-refractivity contribution in [2.45, 2.75) is 33.2 Å². The maximum absolute atomic E-state index is 3.61. The lowest BCUT2D eigenvalue weighted by Gasteiger charge is -2.21. The molecule has 1 atom stereocenters. The predicted molar refractivity (Wildman–Crippen MR) is 99.7 cm³/mol. The largest absolute Gasteiger partial charge is 0.306 e. The molecular formula is C19H24IN. The lowest BCUT2D eigenvalue weighted by atomic mass is 9.95. The number of benzene rings is 2. The molecule has 1 nitrogen and oxygen atoms in total. The highest BCUT2D eigenvalue weighted by Crippen LogP contribution is 2.26. The molecule has 0 aliphatic heterocycles. The van der Waals surface area contributed by atoms with E-state index in [-0.39, 0.29) is 6.04 Å². The summed E-state index contributed by atoms with van der Waals surface area (Å²) < 4.78 is 1.31. The van der Waals surface area contributed by atoms with Gasteiger partial charge in [0.05, 0.1) is 6.04 Å². The van der Waals surface area contributed by atoms with Crippen molar-refractivity contribution in [2.24, 2.45) is 5.92 Å². The van der Waals surface area contributed by atoms with Gasteiger partial charge in [0.15, 0.2) is 0 Å². The maximum atomic E-state index is 3.61. The van der Waals surface area contributed by atoms with Gasteiger partial charge in [-0.3, -0.25) is 0 Å². The highest BCUT2D eigenvalue weighted by Gasteiger charge is 2.15. The first-order valence-corrected chi connectivity index (χ1v) is 8.76. The summed E-state index contributed by atoms with van der Waals surface area (Å²) in [5, 5.41) is 3.61. The van der Waals surface area contributed by atoms with Gasteiger partial charge in [-0.1, -0.05) is 63.2 Å². The van der Waals surface area contributed by atoms with E-state index in [1.807, 2.05) is 0 Å². The molecule has 0 spiro atoms. The van der Waals surface area contributed by atoms with E-state index >= 15 is 0 Å². The molecule has 1 unspecified atom stereocenters. The molecule has 0 bridgehead atoms. The third-order valence-corrected chi connectivity index (χ3v) is 4.56. The van der Waals surface area contributed by atoms with E-state index < -0.39 is 0 Å². The molecule has 0 aliphatic rings. The first-order chi connectivity index (χ1) is 10.1. The van der Waals surface area contributed by atoms with Gasteiger partial charge in [-0.25, -0.2) is 0 Å². The van der Waals surface area contributed by atoms with E-state index in [9.17, 15) is 0 Å². The molecule has 0 fully saturated rings. The van der Waals surface area contributed by atoms with Gasteiger partial charge in [0.1, 0.15) is 0 Å². The second-order valence-corrected chi connectivity index (χ2v) is 7.01. The molecule has 0 amide bonds. The minimum atomic E-state index is 0.274. The molecule has 2 rings (SSSR count). The Labute approximate surface area is 142 Å². The van der Waals surface area contributed by atoms with Crippen molar-refractivity contribution >= 4 is 22.6 Å². The van der Waals surface area contributed by atoms with E-state index in [1.54, 1.807) is 0 Å². The molecule has 2 heteroatoms. The Balaban J connectivity index is 2.28. The number of rotatable bonds is 6. The number of halogens is 1. The molecule has 0 aliphatic carbocycles. The van der Waals surface area contributed by atoms with E-state index in [1.165, 1.54) is 20.3 Å². The molecule has 112 valence electrons. The van der Waals surface area contributed by atoms with Gasteiger partial charge in [0.2, 0.25) is 0 Å². The Morgan fingerprint density at radius 1 is 1.00 bits per heavy atom. The molecule has 0 heterocycles. The molecule has 0 saturated heterocycles. The molecule has 0 saturated carbocycles. The first kappa shape index (κ1) is 16.5. The van der Waals surface area contributed by atoms with Gasteiger partial charge >= 0.3 is 0 Å². The van der Waals surface area contributed by atoms with Crippen LogP contribution in [0.1, 0.15) is 43.5 Å². The van der Waals surface area contributed by atoms with Gasteiger partial charge in [0, 0.05) is 3.57 Å². The Hall–Kier alpha value is -0.870. The number of hydrogen-bond acceptors (Lipinski definition) is 1. The Morgan fingerprint density at radius 3 is 2.24 bits per heavy atom. The van der Waals surface area contributed by atoms with Crippen LogP contribution in [0.15, 0.2) is 48.5 Å². The van der Waals surface area contributed by atoms with Crippen LogP contribution in [0.4, 0.5) is 0 Å². The summed E-state index contributed by atoms with van der Waals surface area (Å²) in [6, 6.07) is 18.0. The third kappa shape index (κ3) is 4.55. The summed E-state index contributed by atoms with van der Waals surface area (Å²) in [4.78, 5) is 0. The zero-order chi connectivity index (χ0) is 15.2. The van der Waals surface area contributed by atoms with Crippen LogP contribution < -0.4 is 5.32 Å². The minimum Gasteiger partial charge on any atom is -0.306 e. The van der Waals surface area contributed by atoms with Crippen LogP contribution in [0.3, 0.4) is 0 Å². The average Bonchev–Trinajstić information content (AvgIpc) is 2.46. The Morgan fingerprint density at radius 2 is 1.67 bits per heavy atom. The van der Waals surface area contributed by atoms with Crippen molar-refractivity contribution in [1.29, 1.82) is 0 Å². The van der Waals surface area contributed by atoms with Crippen LogP contribution in [0, 0.1) is 9.49 Å². The summed E-state index contributed by atoms with van der Waals surface area (Å²) in [5.74, 6) is 0.704. The van der Waals surface area contributed by atoms with Crippen LogP contribution in [-0.2, 0) is 6.42 Å². The van der Waals surface area contributed by atoms with E-state index in [4.69, 9.17) is 0 Å². The van der Waals surface area contributed by atoms with Crippen molar-refractivity contribution in [3.8, 4) is 0 Å². The smallest absolute Gasteiger partial charge is 0.0587 e. The van der Waals surface area contributed by atoms with Crippen molar-refractivity contribution in [1.82, 2.24) is 5.32 Å². The standard InChI is InChI=1S/C19H24IN/c1-4-21-19(17-7-5-6-8-18(17)20)16-11-9-15(10-12-16)13-14(2)3/h5-12,14,19,21H,4,13H2,1-3H3. The minimum absolute atomic E-state index is 0.274. The van der Waals surface area contributed by atoms with Gasteiger partial charge in [-0.05, 0) is 64.2 Å². The first-order valence-electron chi connectivity index (χ1n) is 7.68. The summed E-state index contributed by atoms with van der Waals surface area (Å²) in [7, 11) is 0. The van der Waals surface area contributed by atoms with Gasteiger partial charge in [-0.15, -0.1) is 0 Å². The van der Waals surface area contributed by atoms with Gasteiger partial charge in [-0.2, -0.15) is 0 Å². The van der Waals surface area contributed by atoms with Crippen LogP contribution in [0.25, 0.3) is 0 Å². The molecule has 1 N–H and O–H groups in total. The van der Waals surface area contributed by atoms with Crippen molar-refractivity contribution in [3.63, 3.8) is 0 Å². The summed E-state index contributed by atoms with van der Waals surface area (Å²) in [5.41, 5.74) is 4.12. The quantitative estimate of drug-likeness (QED) is 0.667. The summed E-state index contributed by atoms with van der Waals surface area (Å²) in [6.07, 6.45) is 1.15. The van der Waals surface area contributed by atoms with E-state index in [0.717, 1.165) is 13.0 Å². The van der Waals surface area contributed by atoms with Gasteiger partial charge in [0.25, 0.3) is 0 Å². The van der Waals surface area contributed by atoms with Gasteiger partial charge < -0.3 is 5.32 Å². The fraction of sp³-hybridized carbons (Fsp3) is 0.368. The topological polar surface area (TPSA) is 12.0 Å². The predicted octanol–water partition coefficient (Wildman–Crippen LogP) is 5.19. The van der Waals surface area contributed by atoms with E-state index in [0.29, 0.717) is 5.92 Å². The van der Waals surface area contributed by atoms with E-state index in [2.05, 4.69) is 97.2 Å². The zero-order valence-corrected chi connectivity index (χ0v) is 15.2. The summed E-state index contributed by atoms with van der Waals surface area (Å²) >= 11 is 2.42. The normalized spacial score (nSPS) is 12.6. The highest BCUT2D eigenvalue weighted by atomic mass is 127. The molecule has 0 aromatic heterocycles. The molecule has 2 aromatic carbocycles. The molecule has 2 aromatic rings. The maximum Gasteiger partial charge on any atom is 0.0587 e. The van der Waals surface area contributed by atoms with Crippen LogP contribution in [0.5, 0.6) is 0 Å². The Bertz CT molecular complexity index is 560. The van der Waals surface area contributed by atoms with Crippen LogP contribution in [-0.4, -0.2) is 6.54 Å². The molecule has 0 radical (unpaired) electrons. The highest BCUT2D eigenvalue weighted by molar-refractivity contribution is 14.1. The molecular weight excluding hydrogens is 369 g/mol. The SMILES string of the molecule is CCNC(c1ccc(CC(C)C)cc1)c1ccccc1I. The molecule has 21 heavy (non-hydrogen) atoms. The Kier molecular flexibility index (Phi) is 6.24. The second-order valence-electron chi connectivity index (χ2n) is 5.85. The lowest BCUT2D eigenvalue weighted by Crippen LogP contribution is -2.22. The van der Waals surface area contributed by atoms with Crippen molar-refractivity contribution < 1.29 is 0 Å². The average molecular weight is 393 g/mol. The lowest BCUT2D eigenvalue weighted by molar-refractivity contribution is 0.625.